The van der Waals surface area contributed by atoms with Crippen molar-refractivity contribution in [2.24, 2.45) is 0 Å². The molecule has 3 aromatic carbocycles. The van der Waals surface area contributed by atoms with Gasteiger partial charge < -0.3 is 19.2 Å². The van der Waals surface area contributed by atoms with Crippen molar-refractivity contribution in [3.8, 4) is 0 Å². The van der Waals surface area contributed by atoms with Crippen LogP contribution in [0.5, 0.6) is 0 Å². The van der Waals surface area contributed by atoms with Crippen LogP contribution in [0.1, 0.15) is 63.6 Å². The first-order valence-corrected chi connectivity index (χ1v) is 12.9. The molecule has 0 aliphatic carbocycles. The highest BCUT2D eigenvalue weighted by Crippen LogP contribution is 2.47. The van der Waals surface area contributed by atoms with E-state index in [0.29, 0.717) is 6.42 Å². The molecule has 0 amide bonds. The van der Waals surface area contributed by atoms with Crippen LogP contribution < -0.4 is 10.0 Å². The van der Waals surface area contributed by atoms with E-state index in [2.05, 4.69) is 27.7 Å². The summed E-state index contributed by atoms with van der Waals surface area (Å²) in [6.45, 7) is 16.3. The van der Waals surface area contributed by atoms with Crippen LogP contribution in [0.2, 0.25) is 0 Å². The Balaban J connectivity index is 0.000000410. The molecule has 0 N–H and O–H groups in total. The summed E-state index contributed by atoms with van der Waals surface area (Å²) < 4.78 is 6.98. The molecule has 0 saturated heterocycles. The van der Waals surface area contributed by atoms with Gasteiger partial charge >= 0.3 is 0 Å². The molecule has 0 aromatic heterocycles. The van der Waals surface area contributed by atoms with Crippen LogP contribution in [0.15, 0.2) is 91.0 Å². The first-order chi connectivity index (χ1) is 16.9. The Hall–Kier alpha value is -2.44. The lowest BCUT2D eigenvalue weighted by Crippen LogP contribution is -2.55. The lowest BCUT2D eigenvalue weighted by molar-refractivity contribution is -0.921. The van der Waals surface area contributed by atoms with E-state index >= 15 is 0 Å². The fourth-order valence-corrected chi connectivity index (χ4v) is 5.10. The molecule has 0 radical (unpaired) electrons. The fraction of sp³-hybridized carbons (Fsp3) is 0.400. The number of benzene rings is 3. The largest absolute Gasteiger partial charge is 0.871 e. The minimum Gasteiger partial charge on any atom is -0.871 e. The summed E-state index contributed by atoms with van der Waals surface area (Å²) in [6, 6.07) is 29.0. The van der Waals surface area contributed by atoms with Crippen LogP contribution in [0.25, 0.3) is 0 Å². The lowest BCUT2D eigenvalue weighted by atomic mass is 9.71. The molecule has 0 aliphatic rings. The number of quaternary nitrogens is 1. The summed E-state index contributed by atoms with van der Waals surface area (Å²) in [5.74, 6) is -0.182. The molecule has 5 heteroatoms. The maximum Gasteiger partial charge on any atom is 0.106 e. The predicted molar refractivity (Wildman–Crippen MR) is 142 cm³/mol. The van der Waals surface area contributed by atoms with Gasteiger partial charge in [0.15, 0.2) is 0 Å². The molecular formula is C30H41BNO3-. The highest BCUT2D eigenvalue weighted by molar-refractivity contribution is 6.28. The van der Waals surface area contributed by atoms with Crippen molar-refractivity contribution >= 4 is 7.32 Å². The van der Waals surface area contributed by atoms with Crippen LogP contribution in [-0.2, 0) is 10.3 Å². The normalized spacial score (nSPS) is 12.4. The number of hydrogen-bond donors (Lipinski definition) is 0. The zero-order chi connectivity index (χ0) is 25.7. The van der Waals surface area contributed by atoms with Crippen LogP contribution in [0.3, 0.4) is 0 Å². The molecule has 188 valence electrons. The smallest absolute Gasteiger partial charge is 0.106 e. The Morgan fingerprint density at radius 3 is 1.31 bits per heavy atom. The van der Waals surface area contributed by atoms with Gasteiger partial charge in [0.2, 0.25) is 0 Å². The van der Waals surface area contributed by atoms with Crippen molar-refractivity contribution in [3.63, 3.8) is 0 Å². The molecule has 0 heterocycles. The average Bonchev–Trinajstić information content (AvgIpc) is 2.92. The monoisotopic (exact) mass is 474 g/mol. The fourth-order valence-electron chi connectivity index (χ4n) is 5.10. The van der Waals surface area contributed by atoms with Gasteiger partial charge in [0.1, 0.15) is 5.60 Å². The second-order valence-corrected chi connectivity index (χ2v) is 8.85. The van der Waals surface area contributed by atoms with Crippen molar-refractivity contribution in [3.05, 3.63) is 108 Å². The SMILES string of the molecule is CCC(c1ccccc1)C(OB([O-])[O-])(c1ccccc1)c1ccccc1.CC[N+](CC)(CC)CC. The summed E-state index contributed by atoms with van der Waals surface area (Å²) in [5.41, 5.74) is 1.49. The molecule has 0 aliphatic heterocycles. The molecule has 4 nitrogen and oxygen atoms in total. The summed E-state index contributed by atoms with van der Waals surface area (Å²) in [6.07, 6.45) is 0.709. The van der Waals surface area contributed by atoms with Crippen molar-refractivity contribution < 1.29 is 19.2 Å². The molecule has 1 atom stereocenters. The second kappa shape index (κ2) is 14.2. The van der Waals surface area contributed by atoms with Crippen LogP contribution in [0.4, 0.5) is 0 Å². The van der Waals surface area contributed by atoms with Gasteiger partial charge in [-0.2, -0.15) is 0 Å². The molecule has 0 fully saturated rings. The number of hydrogen-bond acceptors (Lipinski definition) is 3. The molecule has 3 rings (SSSR count). The molecule has 3 aromatic rings. The Labute approximate surface area is 213 Å². The minimum absolute atomic E-state index is 0.182. The van der Waals surface area contributed by atoms with E-state index in [-0.39, 0.29) is 5.92 Å². The van der Waals surface area contributed by atoms with Gasteiger partial charge in [-0.3, -0.25) is 0 Å². The van der Waals surface area contributed by atoms with Crippen LogP contribution in [-0.4, -0.2) is 38.0 Å². The standard InChI is InChI=1S/C22H21BO3.C8H20N/c1-2-21(18-12-6-3-7-13-18)22(26-23(24)25,19-14-8-4-9-15-19)20-16-10-5-11-17-20;1-5-9(6-2,7-3)8-4/h3-17,21H,2H2,1H3;5-8H2,1-4H3/q-2;+1. The maximum atomic E-state index is 11.8. The highest BCUT2D eigenvalue weighted by atomic mass is 16.6. The van der Waals surface area contributed by atoms with Crippen molar-refractivity contribution in [2.75, 3.05) is 26.2 Å². The summed E-state index contributed by atoms with van der Waals surface area (Å²) in [7, 11) is -2.40. The van der Waals surface area contributed by atoms with Gasteiger partial charge in [0.25, 0.3) is 0 Å². The Bertz CT molecular complexity index is 890. The van der Waals surface area contributed by atoms with E-state index in [1.54, 1.807) is 0 Å². The quantitative estimate of drug-likeness (QED) is 0.298. The molecule has 0 bridgehead atoms. The second-order valence-electron chi connectivity index (χ2n) is 8.85. The van der Waals surface area contributed by atoms with E-state index in [0.717, 1.165) is 16.7 Å². The number of rotatable bonds is 11. The van der Waals surface area contributed by atoms with Crippen molar-refractivity contribution in [2.45, 2.75) is 52.6 Å². The third kappa shape index (κ3) is 7.05. The zero-order valence-corrected chi connectivity index (χ0v) is 22.0. The van der Waals surface area contributed by atoms with Crippen molar-refractivity contribution in [1.82, 2.24) is 0 Å². The van der Waals surface area contributed by atoms with Gasteiger partial charge in [-0.25, -0.2) is 0 Å². The molecule has 0 spiro atoms. The first kappa shape index (κ1) is 28.8. The van der Waals surface area contributed by atoms with Gasteiger partial charge in [0.05, 0.1) is 33.5 Å². The topological polar surface area (TPSA) is 55.3 Å². The molecule has 35 heavy (non-hydrogen) atoms. The van der Waals surface area contributed by atoms with Crippen molar-refractivity contribution in [1.29, 1.82) is 0 Å². The highest BCUT2D eigenvalue weighted by Gasteiger charge is 2.42. The average molecular weight is 474 g/mol. The summed E-state index contributed by atoms with van der Waals surface area (Å²) >= 11 is 0. The molecular weight excluding hydrogens is 433 g/mol. The zero-order valence-electron chi connectivity index (χ0n) is 22.0. The lowest BCUT2D eigenvalue weighted by Gasteiger charge is -2.48. The molecule has 1 unspecified atom stereocenters. The summed E-state index contributed by atoms with van der Waals surface area (Å²) in [5, 5.41) is 23.5. The maximum absolute atomic E-state index is 11.8. The van der Waals surface area contributed by atoms with E-state index in [1.807, 2.05) is 97.9 Å². The number of nitrogens with zero attached hydrogens (tertiary/aromatic N) is 1. The third-order valence-corrected chi connectivity index (χ3v) is 7.47. The van der Waals surface area contributed by atoms with Gasteiger partial charge in [-0.05, 0) is 50.8 Å². The van der Waals surface area contributed by atoms with Crippen LogP contribution in [0, 0.1) is 0 Å². The Morgan fingerprint density at radius 1 is 0.657 bits per heavy atom. The first-order valence-electron chi connectivity index (χ1n) is 12.9. The third-order valence-electron chi connectivity index (χ3n) is 7.47. The summed E-state index contributed by atoms with van der Waals surface area (Å²) in [4.78, 5) is 0. The van der Waals surface area contributed by atoms with E-state index in [1.165, 1.54) is 30.7 Å². The Morgan fingerprint density at radius 2 is 1.03 bits per heavy atom. The Kier molecular flexibility index (Phi) is 11.7. The van der Waals surface area contributed by atoms with Gasteiger partial charge in [0, 0.05) is 5.92 Å². The van der Waals surface area contributed by atoms with Gasteiger partial charge in [-0.1, -0.05) is 97.9 Å². The van der Waals surface area contributed by atoms with E-state index < -0.39 is 12.9 Å². The van der Waals surface area contributed by atoms with Gasteiger partial charge in [-0.15, -0.1) is 0 Å². The minimum atomic E-state index is -2.40. The van der Waals surface area contributed by atoms with Crippen LogP contribution >= 0.6 is 0 Å². The molecule has 0 saturated carbocycles. The van der Waals surface area contributed by atoms with E-state index in [9.17, 15) is 10.0 Å². The predicted octanol–water partition coefficient (Wildman–Crippen LogP) is 4.73. The van der Waals surface area contributed by atoms with E-state index in [4.69, 9.17) is 4.65 Å².